The van der Waals surface area contributed by atoms with Crippen molar-refractivity contribution in [3.8, 4) is 6.07 Å². The van der Waals surface area contributed by atoms with Crippen molar-refractivity contribution in [3.63, 3.8) is 0 Å². The first-order valence-corrected chi connectivity index (χ1v) is 4.89. The summed E-state index contributed by atoms with van der Waals surface area (Å²) in [7, 11) is 0. The van der Waals surface area contributed by atoms with E-state index in [1.165, 1.54) is 0 Å². The van der Waals surface area contributed by atoms with Crippen molar-refractivity contribution in [1.29, 1.82) is 5.26 Å². The second-order valence-electron chi connectivity index (χ2n) is 2.93. The molecule has 1 N–H and O–H groups in total. The third-order valence-electron chi connectivity index (χ3n) is 1.65. The van der Waals surface area contributed by atoms with Gasteiger partial charge in [0.15, 0.2) is 0 Å². The highest BCUT2D eigenvalue weighted by Crippen LogP contribution is 2.08. The Bertz CT molecular complexity index is 368. The minimum absolute atomic E-state index is 0.180. The lowest BCUT2D eigenvalue weighted by Gasteiger charge is -2.03. The van der Waals surface area contributed by atoms with E-state index in [-0.39, 0.29) is 11.8 Å². The number of amides is 1. The van der Waals surface area contributed by atoms with Crippen LogP contribution in [0.3, 0.4) is 0 Å². The van der Waals surface area contributed by atoms with Crippen molar-refractivity contribution in [3.05, 3.63) is 10.6 Å². The molecule has 0 aromatic carbocycles. The van der Waals surface area contributed by atoms with Gasteiger partial charge in [-0.05, 0) is 25.4 Å². The van der Waals surface area contributed by atoms with Crippen molar-refractivity contribution in [1.82, 2.24) is 14.9 Å². The van der Waals surface area contributed by atoms with Gasteiger partial charge in [-0.3, -0.25) is 4.79 Å². The highest BCUT2D eigenvalue weighted by atomic mass is 32.1. The summed E-state index contributed by atoms with van der Waals surface area (Å²) in [6.07, 6.45) is 0. The molecule has 0 saturated heterocycles. The van der Waals surface area contributed by atoms with E-state index < -0.39 is 0 Å². The number of carbonyl (C=O) groups excluding carboxylic acids is 1. The molecule has 0 spiro atoms. The largest absolute Gasteiger partial charge is 0.350 e. The summed E-state index contributed by atoms with van der Waals surface area (Å²) < 4.78 is 3.66. The molecule has 0 aliphatic rings. The first-order valence-electron chi connectivity index (χ1n) is 4.12. The predicted octanol–water partition coefficient (Wildman–Crippen LogP) is 0.736. The zero-order valence-corrected chi connectivity index (χ0v) is 8.76. The summed E-state index contributed by atoms with van der Waals surface area (Å²) in [6, 6.07) is 2.04. The number of hydrogen-bond donors (Lipinski definition) is 1. The number of aryl methyl sites for hydroxylation is 1. The van der Waals surface area contributed by atoms with E-state index in [0.717, 1.165) is 11.5 Å². The number of hydrogen-bond acceptors (Lipinski definition) is 5. The standard InChI is InChI=1S/C8H10N4OS/c1-5(3-9)4-10-8(13)7-6(2)11-12-14-7/h5H,4H2,1-2H3,(H,10,13). The van der Waals surface area contributed by atoms with Crippen molar-refractivity contribution < 1.29 is 4.79 Å². The molecule has 1 heterocycles. The Kier molecular flexibility index (Phi) is 3.54. The van der Waals surface area contributed by atoms with Crippen LogP contribution in [0, 0.1) is 24.2 Å². The summed E-state index contributed by atoms with van der Waals surface area (Å²) in [4.78, 5) is 12.0. The van der Waals surface area contributed by atoms with Crippen LogP contribution in [0.4, 0.5) is 0 Å². The van der Waals surface area contributed by atoms with Gasteiger partial charge in [0.2, 0.25) is 0 Å². The Balaban J connectivity index is 2.53. The average Bonchev–Trinajstić information content (AvgIpc) is 2.60. The van der Waals surface area contributed by atoms with E-state index in [2.05, 4.69) is 14.9 Å². The van der Waals surface area contributed by atoms with Gasteiger partial charge >= 0.3 is 0 Å². The Labute approximate surface area is 85.9 Å². The number of nitrogens with zero attached hydrogens (tertiary/aromatic N) is 3. The van der Waals surface area contributed by atoms with Crippen LogP contribution in [0.25, 0.3) is 0 Å². The van der Waals surface area contributed by atoms with Crippen LogP contribution in [0.15, 0.2) is 0 Å². The molecule has 0 aliphatic carbocycles. The van der Waals surface area contributed by atoms with Crippen molar-refractivity contribution >= 4 is 17.4 Å². The molecule has 6 heteroatoms. The van der Waals surface area contributed by atoms with Crippen LogP contribution in [-0.2, 0) is 0 Å². The molecule has 74 valence electrons. The number of aromatic nitrogens is 2. The third kappa shape index (κ3) is 2.50. The lowest BCUT2D eigenvalue weighted by molar-refractivity contribution is 0.0954. The molecule has 1 atom stereocenters. The molecule has 1 aromatic heterocycles. The second-order valence-corrected chi connectivity index (χ2v) is 3.68. The predicted molar refractivity (Wildman–Crippen MR) is 51.8 cm³/mol. The topological polar surface area (TPSA) is 78.7 Å². The van der Waals surface area contributed by atoms with E-state index in [4.69, 9.17) is 5.26 Å². The molecule has 0 bridgehead atoms. The lowest BCUT2D eigenvalue weighted by atomic mass is 10.2. The molecule has 0 radical (unpaired) electrons. The highest BCUT2D eigenvalue weighted by Gasteiger charge is 2.13. The molecule has 14 heavy (non-hydrogen) atoms. The fourth-order valence-electron chi connectivity index (χ4n) is 0.811. The third-order valence-corrected chi connectivity index (χ3v) is 2.47. The zero-order valence-electron chi connectivity index (χ0n) is 7.94. The molecule has 1 aromatic rings. The van der Waals surface area contributed by atoms with Gasteiger partial charge < -0.3 is 5.32 Å². The summed E-state index contributed by atoms with van der Waals surface area (Å²) in [5.41, 5.74) is 0.622. The van der Waals surface area contributed by atoms with Crippen LogP contribution in [0.2, 0.25) is 0 Å². The summed E-state index contributed by atoms with van der Waals surface area (Å²) in [5, 5.41) is 14.9. The van der Waals surface area contributed by atoms with Crippen LogP contribution in [-0.4, -0.2) is 22.0 Å². The maximum Gasteiger partial charge on any atom is 0.264 e. The maximum absolute atomic E-state index is 11.5. The van der Waals surface area contributed by atoms with E-state index in [1.54, 1.807) is 13.8 Å². The maximum atomic E-state index is 11.5. The van der Waals surface area contributed by atoms with Crippen LogP contribution >= 0.6 is 11.5 Å². The molecular weight excluding hydrogens is 200 g/mol. The number of nitriles is 1. The summed E-state index contributed by atoms with van der Waals surface area (Å²) in [6.45, 7) is 3.83. The van der Waals surface area contributed by atoms with Gasteiger partial charge in [0, 0.05) is 6.54 Å². The van der Waals surface area contributed by atoms with Crippen LogP contribution in [0.5, 0.6) is 0 Å². The monoisotopic (exact) mass is 210 g/mol. The van der Waals surface area contributed by atoms with Crippen LogP contribution < -0.4 is 5.32 Å². The van der Waals surface area contributed by atoms with Crippen LogP contribution in [0.1, 0.15) is 22.3 Å². The minimum atomic E-state index is -0.209. The molecule has 1 rings (SSSR count). The van der Waals surface area contributed by atoms with Gasteiger partial charge in [0.05, 0.1) is 17.7 Å². The normalized spacial score (nSPS) is 11.8. The fourth-order valence-corrected chi connectivity index (χ4v) is 1.38. The number of carbonyl (C=O) groups is 1. The van der Waals surface area contributed by atoms with E-state index in [0.29, 0.717) is 17.1 Å². The summed E-state index contributed by atoms with van der Waals surface area (Å²) in [5.74, 6) is -0.389. The first-order chi connectivity index (χ1) is 6.65. The minimum Gasteiger partial charge on any atom is -0.350 e. The van der Waals surface area contributed by atoms with Gasteiger partial charge in [-0.25, -0.2) is 0 Å². The zero-order chi connectivity index (χ0) is 10.6. The Hall–Kier alpha value is -1.48. The number of rotatable bonds is 3. The SMILES string of the molecule is Cc1nnsc1C(=O)NCC(C)C#N. The van der Waals surface area contributed by atoms with Crippen molar-refractivity contribution in [2.75, 3.05) is 6.54 Å². The number of nitrogens with one attached hydrogen (secondary N) is 1. The summed E-state index contributed by atoms with van der Waals surface area (Å²) >= 11 is 1.06. The molecular formula is C8H10N4OS. The van der Waals surface area contributed by atoms with Gasteiger partial charge in [0.1, 0.15) is 4.88 Å². The average molecular weight is 210 g/mol. The fraction of sp³-hybridized carbons (Fsp3) is 0.500. The molecule has 1 amide bonds. The smallest absolute Gasteiger partial charge is 0.264 e. The Morgan fingerprint density at radius 2 is 2.50 bits per heavy atom. The van der Waals surface area contributed by atoms with Crippen molar-refractivity contribution in [2.45, 2.75) is 13.8 Å². The second kappa shape index (κ2) is 4.67. The lowest BCUT2D eigenvalue weighted by Crippen LogP contribution is -2.27. The van der Waals surface area contributed by atoms with Gasteiger partial charge in [-0.1, -0.05) is 4.49 Å². The van der Waals surface area contributed by atoms with Gasteiger partial charge in [-0.2, -0.15) is 5.26 Å². The van der Waals surface area contributed by atoms with Crippen molar-refractivity contribution in [2.24, 2.45) is 5.92 Å². The Morgan fingerprint density at radius 1 is 1.79 bits per heavy atom. The molecule has 0 fully saturated rings. The molecule has 0 aliphatic heterocycles. The molecule has 5 nitrogen and oxygen atoms in total. The van der Waals surface area contributed by atoms with E-state index >= 15 is 0 Å². The van der Waals surface area contributed by atoms with E-state index in [1.807, 2.05) is 6.07 Å². The van der Waals surface area contributed by atoms with Gasteiger partial charge in [-0.15, -0.1) is 5.10 Å². The quantitative estimate of drug-likeness (QED) is 0.797. The first kappa shape index (κ1) is 10.6. The molecule has 1 unspecified atom stereocenters. The Morgan fingerprint density at radius 3 is 3.00 bits per heavy atom. The molecule has 0 saturated carbocycles. The highest BCUT2D eigenvalue weighted by molar-refractivity contribution is 7.07. The van der Waals surface area contributed by atoms with Gasteiger partial charge in [0.25, 0.3) is 5.91 Å². The van der Waals surface area contributed by atoms with E-state index in [9.17, 15) is 4.79 Å².